The first-order valence-electron chi connectivity index (χ1n) is 4.91. The minimum Gasteiger partial charge on any atom is -0.394 e. The number of aliphatic hydroxyl groups is 1. The van der Waals surface area contributed by atoms with Crippen LogP contribution in [0, 0.1) is 0 Å². The molecule has 1 heterocycles. The molecular formula is C9H14N2O3. The maximum absolute atomic E-state index is 11.5. The fraction of sp³-hybridized carbons (Fsp3) is 0.778. The Morgan fingerprint density at radius 2 is 2.00 bits per heavy atom. The van der Waals surface area contributed by atoms with Crippen molar-refractivity contribution in [2.24, 2.45) is 0 Å². The molecular weight excluding hydrogens is 184 g/mol. The first kappa shape index (κ1) is 9.45. The molecule has 0 aromatic heterocycles. The van der Waals surface area contributed by atoms with Gasteiger partial charge in [-0.05, 0) is 12.8 Å². The molecule has 5 nitrogen and oxygen atoms in total. The Labute approximate surface area is 82.1 Å². The summed E-state index contributed by atoms with van der Waals surface area (Å²) in [6, 6.07) is -0.356. The van der Waals surface area contributed by atoms with Gasteiger partial charge in [0.2, 0.25) is 0 Å². The molecule has 1 aliphatic heterocycles. The highest BCUT2D eigenvalue weighted by molar-refractivity contribution is 6.02. The number of hydrogen-bond acceptors (Lipinski definition) is 3. The predicted molar refractivity (Wildman–Crippen MR) is 48.5 cm³/mol. The zero-order valence-electron chi connectivity index (χ0n) is 7.95. The largest absolute Gasteiger partial charge is 0.394 e. The summed E-state index contributed by atoms with van der Waals surface area (Å²) in [7, 11) is 0. The minimum absolute atomic E-state index is 0.0700. The van der Waals surface area contributed by atoms with Gasteiger partial charge < -0.3 is 10.4 Å². The molecule has 0 aromatic carbocycles. The Morgan fingerprint density at radius 3 is 2.43 bits per heavy atom. The zero-order valence-corrected chi connectivity index (χ0v) is 7.95. The lowest BCUT2D eigenvalue weighted by Crippen LogP contribution is -2.53. The number of carbonyl (C=O) groups is 2. The minimum atomic E-state index is -0.613. The summed E-state index contributed by atoms with van der Waals surface area (Å²) in [4.78, 5) is 24.1. The topological polar surface area (TPSA) is 69.6 Å². The van der Waals surface area contributed by atoms with Gasteiger partial charge in [-0.3, -0.25) is 9.69 Å². The van der Waals surface area contributed by atoms with Gasteiger partial charge in [-0.1, -0.05) is 12.8 Å². The quantitative estimate of drug-likeness (QED) is 0.606. The van der Waals surface area contributed by atoms with Crippen LogP contribution in [0.15, 0.2) is 0 Å². The summed E-state index contributed by atoms with van der Waals surface area (Å²) >= 11 is 0. The fourth-order valence-electron chi connectivity index (χ4n) is 2.39. The van der Waals surface area contributed by atoms with Crippen molar-refractivity contribution in [1.82, 2.24) is 10.2 Å². The van der Waals surface area contributed by atoms with Crippen molar-refractivity contribution in [3.8, 4) is 0 Å². The number of rotatable bonds is 2. The van der Waals surface area contributed by atoms with Gasteiger partial charge in [-0.2, -0.15) is 0 Å². The average Bonchev–Trinajstić information content (AvgIpc) is 2.75. The molecule has 1 aliphatic carbocycles. The number of nitrogens with zero attached hydrogens (tertiary/aromatic N) is 1. The maximum atomic E-state index is 11.5. The van der Waals surface area contributed by atoms with E-state index in [4.69, 9.17) is 0 Å². The lowest BCUT2D eigenvalue weighted by molar-refractivity contribution is -0.130. The Hall–Kier alpha value is -1.10. The summed E-state index contributed by atoms with van der Waals surface area (Å²) in [6.45, 7) is -0.0489. The second-order valence-electron chi connectivity index (χ2n) is 3.98. The molecule has 2 rings (SSSR count). The number of imide groups is 1. The van der Waals surface area contributed by atoms with E-state index in [9.17, 15) is 14.7 Å². The van der Waals surface area contributed by atoms with Crippen molar-refractivity contribution in [2.45, 2.75) is 31.2 Å². The van der Waals surface area contributed by atoms with Crippen LogP contribution in [0.4, 0.5) is 4.79 Å². The van der Waals surface area contributed by atoms with Gasteiger partial charge in [-0.25, -0.2) is 4.79 Å². The van der Waals surface area contributed by atoms with Crippen molar-refractivity contribution in [3.05, 3.63) is 0 Å². The van der Waals surface area contributed by atoms with Crippen molar-refractivity contribution in [2.75, 3.05) is 13.2 Å². The van der Waals surface area contributed by atoms with E-state index in [2.05, 4.69) is 5.32 Å². The van der Waals surface area contributed by atoms with E-state index in [1.165, 1.54) is 4.90 Å². The van der Waals surface area contributed by atoms with Crippen LogP contribution in [0.3, 0.4) is 0 Å². The highest BCUT2D eigenvalue weighted by Gasteiger charge is 2.47. The van der Waals surface area contributed by atoms with Crippen LogP contribution in [0.2, 0.25) is 0 Å². The van der Waals surface area contributed by atoms with E-state index in [1.54, 1.807) is 0 Å². The normalized spacial score (nSPS) is 25.6. The molecule has 0 atom stereocenters. The summed E-state index contributed by atoms with van der Waals surface area (Å²) in [5.41, 5.74) is -0.613. The molecule has 0 radical (unpaired) electrons. The smallest absolute Gasteiger partial charge is 0.325 e. The number of aliphatic hydroxyl groups excluding tert-OH is 1. The summed E-state index contributed by atoms with van der Waals surface area (Å²) in [5.74, 6) is -0.217. The third kappa shape index (κ3) is 1.19. The average molecular weight is 198 g/mol. The van der Waals surface area contributed by atoms with Gasteiger partial charge in [0.25, 0.3) is 5.91 Å². The van der Waals surface area contributed by atoms with E-state index >= 15 is 0 Å². The van der Waals surface area contributed by atoms with Gasteiger partial charge in [0, 0.05) is 0 Å². The molecule has 0 unspecified atom stereocenters. The number of amides is 3. The molecule has 1 saturated carbocycles. The molecule has 5 heteroatoms. The third-order valence-corrected chi connectivity index (χ3v) is 3.15. The van der Waals surface area contributed by atoms with Gasteiger partial charge >= 0.3 is 6.03 Å². The van der Waals surface area contributed by atoms with E-state index in [0.717, 1.165) is 25.7 Å². The van der Waals surface area contributed by atoms with Crippen LogP contribution in [0.1, 0.15) is 25.7 Å². The zero-order chi connectivity index (χ0) is 10.2. The molecule has 0 aromatic rings. The number of urea groups is 1. The monoisotopic (exact) mass is 198 g/mol. The Bertz CT molecular complexity index is 255. The highest BCUT2D eigenvalue weighted by Crippen LogP contribution is 2.35. The SMILES string of the molecule is O=C1CNC(=O)N1C1(CO)CCCC1. The summed E-state index contributed by atoms with van der Waals surface area (Å²) in [6.07, 6.45) is 3.39. The Balaban J connectivity index is 2.26. The van der Waals surface area contributed by atoms with Crippen molar-refractivity contribution >= 4 is 11.9 Å². The van der Waals surface area contributed by atoms with Gasteiger partial charge in [0.1, 0.15) is 0 Å². The van der Waals surface area contributed by atoms with Crippen molar-refractivity contribution in [3.63, 3.8) is 0 Å². The lowest BCUT2D eigenvalue weighted by Gasteiger charge is -2.34. The van der Waals surface area contributed by atoms with Crippen LogP contribution >= 0.6 is 0 Å². The molecule has 2 fully saturated rings. The van der Waals surface area contributed by atoms with Gasteiger partial charge in [0.05, 0.1) is 18.7 Å². The second-order valence-corrected chi connectivity index (χ2v) is 3.98. The molecule has 0 spiro atoms. The summed E-state index contributed by atoms with van der Waals surface area (Å²) in [5, 5.41) is 11.8. The number of hydrogen-bond donors (Lipinski definition) is 2. The number of nitrogens with one attached hydrogen (secondary N) is 1. The number of carbonyl (C=O) groups excluding carboxylic acids is 2. The van der Waals surface area contributed by atoms with E-state index < -0.39 is 5.54 Å². The van der Waals surface area contributed by atoms with E-state index in [-0.39, 0.29) is 25.1 Å². The molecule has 2 N–H and O–H groups in total. The predicted octanol–water partition coefficient (Wildman–Crippen LogP) is -0.157. The molecule has 2 aliphatic rings. The lowest BCUT2D eigenvalue weighted by atomic mass is 9.97. The van der Waals surface area contributed by atoms with Crippen LogP contribution in [0.25, 0.3) is 0 Å². The van der Waals surface area contributed by atoms with Crippen LogP contribution in [0.5, 0.6) is 0 Å². The molecule has 78 valence electrons. The first-order chi connectivity index (χ1) is 6.69. The van der Waals surface area contributed by atoms with Crippen LogP contribution in [-0.2, 0) is 4.79 Å². The third-order valence-electron chi connectivity index (χ3n) is 3.15. The molecule has 1 saturated heterocycles. The van der Waals surface area contributed by atoms with Gasteiger partial charge in [0.15, 0.2) is 0 Å². The fourth-order valence-corrected chi connectivity index (χ4v) is 2.39. The Kier molecular flexibility index (Phi) is 2.19. The van der Waals surface area contributed by atoms with E-state index in [0.29, 0.717) is 0 Å². The maximum Gasteiger partial charge on any atom is 0.325 e. The second kappa shape index (κ2) is 3.24. The van der Waals surface area contributed by atoms with E-state index in [1.807, 2.05) is 0 Å². The first-order valence-corrected chi connectivity index (χ1v) is 4.91. The van der Waals surface area contributed by atoms with Crippen molar-refractivity contribution < 1.29 is 14.7 Å². The van der Waals surface area contributed by atoms with Crippen LogP contribution < -0.4 is 5.32 Å². The van der Waals surface area contributed by atoms with Crippen molar-refractivity contribution in [1.29, 1.82) is 0 Å². The Morgan fingerprint density at radius 1 is 1.36 bits per heavy atom. The van der Waals surface area contributed by atoms with Crippen LogP contribution in [-0.4, -0.2) is 40.6 Å². The molecule has 0 bridgehead atoms. The molecule has 3 amide bonds. The highest BCUT2D eigenvalue weighted by atomic mass is 16.3. The van der Waals surface area contributed by atoms with Gasteiger partial charge in [-0.15, -0.1) is 0 Å². The standard InChI is InChI=1S/C9H14N2O3/c12-6-9(3-1-2-4-9)11-7(13)5-10-8(11)14/h12H,1-6H2,(H,10,14). The summed E-state index contributed by atoms with van der Waals surface area (Å²) < 4.78 is 0. The molecule has 14 heavy (non-hydrogen) atoms.